The quantitative estimate of drug-likeness (QED) is 0.795. The number of ether oxygens (including phenoxy) is 1. The summed E-state index contributed by atoms with van der Waals surface area (Å²) in [6.07, 6.45) is 1.14. The minimum atomic E-state index is -0.118. The third kappa shape index (κ3) is 2.09. The van der Waals surface area contributed by atoms with Crippen LogP contribution < -0.4 is 9.64 Å². The van der Waals surface area contributed by atoms with Gasteiger partial charge in [-0.05, 0) is 18.2 Å². The van der Waals surface area contributed by atoms with E-state index in [9.17, 15) is 9.59 Å². The average molecular weight is 284 g/mol. The van der Waals surface area contributed by atoms with E-state index in [2.05, 4.69) is 15.9 Å². The van der Waals surface area contributed by atoms with E-state index in [1.165, 1.54) is 0 Å². The largest absolute Gasteiger partial charge is 0.482 e. The van der Waals surface area contributed by atoms with Crippen LogP contribution in [0.15, 0.2) is 22.7 Å². The maximum Gasteiger partial charge on any atom is 0.265 e. The summed E-state index contributed by atoms with van der Waals surface area (Å²) in [6, 6.07) is 5.48. The van der Waals surface area contributed by atoms with E-state index in [1.54, 1.807) is 11.0 Å². The van der Waals surface area contributed by atoms with Crippen LogP contribution in [0, 0.1) is 0 Å². The maximum absolute atomic E-state index is 11.6. The summed E-state index contributed by atoms with van der Waals surface area (Å²) in [6.45, 7) is 0.433. The SMILES string of the molecule is O=CCCN1C(=O)COc2ccc(Br)cc21. The summed E-state index contributed by atoms with van der Waals surface area (Å²) in [5, 5.41) is 0. The number of amides is 1. The lowest BCUT2D eigenvalue weighted by Gasteiger charge is -2.29. The number of nitrogens with zero attached hydrogens (tertiary/aromatic N) is 1. The van der Waals surface area contributed by atoms with Gasteiger partial charge in [0.25, 0.3) is 5.91 Å². The summed E-state index contributed by atoms with van der Waals surface area (Å²) >= 11 is 3.34. The predicted octanol–water partition coefficient (Wildman–Crippen LogP) is 1.76. The molecular formula is C11H10BrNO3. The lowest BCUT2D eigenvalue weighted by atomic mass is 10.2. The lowest BCUT2D eigenvalue weighted by Crippen LogP contribution is -2.39. The fraction of sp³-hybridized carbons (Fsp3) is 0.273. The fourth-order valence-corrected chi connectivity index (χ4v) is 1.95. The molecule has 84 valence electrons. The van der Waals surface area contributed by atoms with Crippen LogP contribution in [0.5, 0.6) is 5.75 Å². The first-order chi connectivity index (χ1) is 7.72. The van der Waals surface area contributed by atoms with Gasteiger partial charge in [0.15, 0.2) is 6.61 Å². The number of benzene rings is 1. The van der Waals surface area contributed by atoms with Crippen LogP contribution in [0.3, 0.4) is 0 Å². The van der Waals surface area contributed by atoms with E-state index < -0.39 is 0 Å². The highest BCUT2D eigenvalue weighted by Crippen LogP contribution is 2.34. The average Bonchev–Trinajstić information content (AvgIpc) is 2.28. The normalized spacial score (nSPS) is 14.3. The van der Waals surface area contributed by atoms with Gasteiger partial charge in [0.2, 0.25) is 0 Å². The maximum atomic E-state index is 11.6. The Morgan fingerprint density at radius 3 is 3.06 bits per heavy atom. The molecule has 0 atom stereocenters. The van der Waals surface area contributed by atoms with Gasteiger partial charge in [-0.3, -0.25) is 4.79 Å². The molecule has 5 heteroatoms. The number of carbonyl (C=O) groups excluding carboxylic acids is 2. The van der Waals surface area contributed by atoms with Gasteiger partial charge < -0.3 is 14.4 Å². The molecular weight excluding hydrogens is 274 g/mol. The van der Waals surface area contributed by atoms with Gasteiger partial charge in [-0.15, -0.1) is 0 Å². The van der Waals surface area contributed by atoms with Crippen molar-refractivity contribution < 1.29 is 14.3 Å². The van der Waals surface area contributed by atoms with Crippen molar-refractivity contribution in [1.82, 2.24) is 0 Å². The molecule has 16 heavy (non-hydrogen) atoms. The van der Waals surface area contributed by atoms with E-state index >= 15 is 0 Å². The van der Waals surface area contributed by atoms with Crippen LogP contribution in [0.2, 0.25) is 0 Å². The molecule has 0 unspecified atom stereocenters. The van der Waals surface area contributed by atoms with Crippen molar-refractivity contribution in [2.45, 2.75) is 6.42 Å². The first-order valence-corrected chi connectivity index (χ1v) is 5.68. The zero-order chi connectivity index (χ0) is 11.5. The Bertz CT molecular complexity index is 433. The molecule has 2 rings (SSSR count). The molecule has 0 saturated carbocycles. The lowest BCUT2D eigenvalue weighted by molar-refractivity contribution is -0.121. The number of halogens is 1. The van der Waals surface area contributed by atoms with Crippen molar-refractivity contribution in [3.8, 4) is 5.75 Å². The molecule has 1 aliphatic heterocycles. The molecule has 0 bridgehead atoms. The molecule has 1 aromatic carbocycles. The molecule has 0 fully saturated rings. The van der Waals surface area contributed by atoms with Crippen molar-refractivity contribution in [2.24, 2.45) is 0 Å². The Kier molecular flexibility index (Phi) is 3.24. The van der Waals surface area contributed by atoms with Gasteiger partial charge in [0.1, 0.15) is 12.0 Å². The second kappa shape index (κ2) is 4.65. The van der Waals surface area contributed by atoms with Crippen molar-refractivity contribution >= 4 is 33.8 Å². The van der Waals surface area contributed by atoms with Crippen LogP contribution in [0.1, 0.15) is 6.42 Å². The van der Waals surface area contributed by atoms with E-state index in [0.29, 0.717) is 24.4 Å². The smallest absolute Gasteiger partial charge is 0.265 e. The highest BCUT2D eigenvalue weighted by Gasteiger charge is 2.24. The minimum absolute atomic E-state index is 0.0352. The number of anilines is 1. The molecule has 0 saturated heterocycles. The van der Waals surface area contributed by atoms with Gasteiger partial charge in [-0.25, -0.2) is 0 Å². The van der Waals surface area contributed by atoms with Crippen LogP contribution in [-0.2, 0) is 9.59 Å². The summed E-state index contributed by atoms with van der Waals surface area (Å²) < 4.78 is 6.18. The first-order valence-electron chi connectivity index (χ1n) is 4.88. The van der Waals surface area contributed by atoms with Gasteiger partial charge >= 0.3 is 0 Å². The second-order valence-corrected chi connectivity index (χ2v) is 4.32. The zero-order valence-corrected chi connectivity index (χ0v) is 10.1. The van der Waals surface area contributed by atoms with Crippen molar-refractivity contribution in [3.63, 3.8) is 0 Å². The Labute approximate surface area is 101 Å². The minimum Gasteiger partial charge on any atom is -0.482 e. The number of hydrogen-bond donors (Lipinski definition) is 0. The molecule has 4 nitrogen and oxygen atoms in total. The van der Waals surface area contributed by atoms with Gasteiger partial charge in [0.05, 0.1) is 5.69 Å². The number of aldehydes is 1. The Morgan fingerprint density at radius 1 is 1.50 bits per heavy atom. The first kappa shape index (κ1) is 11.1. The number of carbonyl (C=O) groups is 2. The van der Waals surface area contributed by atoms with Crippen molar-refractivity contribution in [2.75, 3.05) is 18.1 Å². The molecule has 1 aromatic rings. The molecule has 0 spiro atoms. The van der Waals surface area contributed by atoms with E-state index in [-0.39, 0.29) is 12.5 Å². The van der Waals surface area contributed by atoms with Crippen molar-refractivity contribution in [1.29, 1.82) is 0 Å². The standard InChI is InChI=1S/C11H10BrNO3/c12-8-2-3-10-9(6-8)13(4-1-5-14)11(15)7-16-10/h2-3,5-6H,1,4,7H2. The van der Waals surface area contributed by atoms with Gasteiger partial charge in [-0.2, -0.15) is 0 Å². The highest BCUT2D eigenvalue weighted by atomic mass is 79.9. The molecule has 1 aliphatic rings. The summed E-state index contributed by atoms with van der Waals surface area (Å²) in [5.41, 5.74) is 0.715. The molecule has 0 aliphatic carbocycles. The van der Waals surface area contributed by atoms with Crippen LogP contribution in [0.4, 0.5) is 5.69 Å². The number of fused-ring (bicyclic) bond motifs is 1. The fourth-order valence-electron chi connectivity index (χ4n) is 1.60. The van der Waals surface area contributed by atoms with Gasteiger partial charge in [-0.1, -0.05) is 15.9 Å². The van der Waals surface area contributed by atoms with E-state index in [1.807, 2.05) is 12.1 Å². The Hall–Kier alpha value is -1.36. The Morgan fingerprint density at radius 2 is 2.31 bits per heavy atom. The summed E-state index contributed by atoms with van der Waals surface area (Å²) in [4.78, 5) is 23.6. The Balaban J connectivity index is 2.34. The molecule has 0 N–H and O–H groups in total. The van der Waals surface area contributed by atoms with Gasteiger partial charge in [0, 0.05) is 17.4 Å². The van der Waals surface area contributed by atoms with Crippen LogP contribution in [-0.4, -0.2) is 25.3 Å². The molecule has 1 amide bonds. The van der Waals surface area contributed by atoms with E-state index in [4.69, 9.17) is 4.74 Å². The van der Waals surface area contributed by atoms with Crippen LogP contribution >= 0.6 is 15.9 Å². The van der Waals surface area contributed by atoms with E-state index in [0.717, 1.165) is 10.8 Å². The zero-order valence-electron chi connectivity index (χ0n) is 8.48. The third-order valence-corrected chi connectivity index (χ3v) is 2.83. The number of rotatable bonds is 3. The molecule has 0 aromatic heterocycles. The topological polar surface area (TPSA) is 46.6 Å². The predicted molar refractivity (Wildman–Crippen MR) is 62.7 cm³/mol. The van der Waals surface area contributed by atoms with Crippen molar-refractivity contribution in [3.05, 3.63) is 22.7 Å². The second-order valence-electron chi connectivity index (χ2n) is 3.40. The molecule has 0 radical (unpaired) electrons. The highest BCUT2D eigenvalue weighted by molar-refractivity contribution is 9.10. The summed E-state index contributed by atoms with van der Waals surface area (Å²) in [5.74, 6) is 0.557. The van der Waals surface area contributed by atoms with Crippen LogP contribution in [0.25, 0.3) is 0 Å². The monoisotopic (exact) mass is 283 g/mol. The number of hydrogen-bond acceptors (Lipinski definition) is 3. The summed E-state index contributed by atoms with van der Waals surface area (Å²) in [7, 11) is 0. The third-order valence-electron chi connectivity index (χ3n) is 2.33. The molecule has 1 heterocycles.